The van der Waals surface area contributed by atoms with Crippen molar-refractivity contribution in [1.29, 1.82) is 0 Å². The number of amidine groups is 1. The number of para-hydroxylation sites is 1. The average Bonchev–Trinajstić information content (AvgIpc) is 2.94. The van der Waals surface area contributed by atoms with Crippen LogP contribution in [0.1, 0.15) is 19.4 Å². The van der Waals surface area contributed by atoms with Gasteiger partial charge in [0.25, 0.3) is 0 Å². The van der Waals surface area contributed by atoms with E-state index in [9.17, 15) is 0 Å². The fourth-order valence-electron chi connectivity index (χ4n) is 3.15. The summed E-state index contributed by atoms with van der Waals surface area (Å²) in [5.41, 5.74) is 2.83. The van der Waals surface area contributed by atoms with Gasteiger partial charge in [-0.25, -0.2) is 0 Å². The molecule has 2 heterocycles. The second-order valence-corrected chi connectivity index (χ2v) is 4.98. The quantitative estimate of drug-likeness (QED) is 0.888. The summed E-state index contributed by atoms with van der Waals surface area (Å²) in [6, 6.07) is 8.71. The van der Waals surface area contributed by atoms with Crippen molar-refractivity contribution in [3.05, 3.63) is 29.8 Å². The van der Waals surface area contributed by atoms with Crippen molar-refractivity contribution < 1.29 is 0 Å². The Bertz CT molecular complexity index is 472. The van der Waals surface area contributed by atoms with Gasteiger partial charge in [0.05, 0.1) is 12.1 Å². The summed E-state index contributed by atoms with van der Waals surface area (Å²) in [6.45, 7) is 7.44. The van der Waals surface area contributed by atoms with Crippen LogP contribution in [0, 0.1) is 0 Å². The van der Waals surface area contributed by atoms with Gasteiger partial charge in [0.2, 0.25) is 0 Å². The fraction of sp³-hybridized carbons (Fsp3) is 0.500. The van der Waals surface area contributed by atoms with Gasteiger partial charge in [0.15, 0.2) is 0 Å². The molecule has 1 aromatic carbocycles. The van der Waals surface area contributed by atoms with Crippen LogP contribution < -0.4 is 10.2 Å². The number of nitrogens with zero attached hydrogens (tertiary/aromatic N) is 2. The van der Waals surface area contributed by atoms with Gasteiger partial charge in [-0.2, -0.15) is 0 Å². The zero-order valence-corrected chi connectivity index (χ0v) is 11.8. The predicted molar refractivity (Wildman–Crippen MR) is 79.1 cm³/mol. The summed E-state index contributed by atoms with van der Waals surface area (Å²) in [4.78, 5) is 7.11. The van der Waals surface area contributed by atoms with E-state index >= 15 is 0 Å². The first-order chi connectivity index (χ1) is 8.25. The highest BCUT2D eigenvalue weighted by Gasteiger charge is 2.43. The van der Waals surface area contributed by atoms with Crippen LogP contribution >= 0.6 is 12.4 Å². The summed E-state index contributed by atoms with van der Waals surface area (Å²) in [5.74, 6) is 1.16. The second-order valence-electron chi connectivity index (χ2n) is 4.98. The highest BCUT2D eigenvalue weighted by molar-refractivity contribution is 5.97. The van der Waals surface area contributed by atoms with Crippen molar-refractivity contribution in [2.24, 2.45) is 4.99 Å². The molecule has 1 aromatic rings. The summed E-state index contributed by atoms with van der Waals surface area (Å²) < 4.78 is 0. The Morgan fingerprint density at radius 1 is 1.39 bits per heavy atom. The Kier molecular flexibility index (Phi) is 3.53. The zero-order valence-electron chi connectivity index (χ0n) is 10.9. The lowest BCUT2D eigenvalue weighted by molar-refractivity contribution is 0.577. The molecule has 1 unspecified atom stereocenters. The number of aliphatic imine (C=N–C) groups is 1. The van der Waals surface area contributed by atoms with E-state index in [0.717, 1.165) is 31.9 Å². The molecule has 4 heteroatoms. The number of hydrogen-bond acceptors (Lipinski definition) is 3. The smallest absolute Gasteiger partial charge is 0.123 e. The number of fused-ring (bicyclic) bond motifs is 1. The molecular weight excluding hydrogens is 246 g/mol. The van der Waals surface area contributed by atoms with E-state index in [1.54, 1.807) is 0 Å². The van der Waals surface area contributed by atoms with Crippen molar-refractivity contribution in [2.75, 3.05) is 24.5 Å². The average molecular weight is 266 g/mol. The van der Waals surface area contributed by atoms with Crippen molar-refractivity contribution in [3.8, 4) is 0 Å². The van der Waals surface area contributed by atoms with Gasteiger partial charge in [-0.3, -0.25) is 4.99 Å². The fourth-order valence-corrected chi connectivity index (χ4v) is 3.15. The topological polar surface area (TPSA) is 27.6 Å². The van der Waals surface area contributed by atoms with Gasteiger partial charge in [0, 0.05) is 25.2 Å². The Labute approximate surface area is 115 Å². The maximum absolute atomic E-state index is 4.63. The molecule has 0 aliphatic carbocycles. The minimum Gasteiger partial charge on any atom is -0.370 e. The molecule has 0 saturated heterocycles. The van der Waals surface area contributed by atoms with E-state index in [4.69, 9.17) is 0 Å². The predicted octanol–water partition coefficient (Wildman–Crippen LogP) is 2.25. The maximum atomic E-state index is 4.63. The molecule has 0 fully saturated rings. The molecular formula is C14H20ClN3. The highest BCUT2D eigenvalue weighted by atomic mass is 35.5. The minimum atomic E-state index is 0. The molecule has 98 valence electrons. The molecule has 0 bridgehead atoms. The number of nitrogens with one attached hydrogen (secondary N) is 1. The molecule has 0 aromatic heterocycles. The monoisotopic (exact) mass is 265 g/mol. The van der Waals surface area contributed by atoms with E-state index in [2.05, 4.69) is 53.3 Å². The Hall–Kier alpha value is -1.22. The summed E-state index contributed by atoms with van der Waals surface area (Å²) in [6.07, 6.45) is 1.06. The molecule has 0 spiro atoms. The van der Waals surface area contributed by atoms with Gasteiger partial charge >= 0.3 is 0 Å². The Morgan fingerprint density at radius 2 is 2.17 bits per heavy atom. The van der Waals surface area contributed by atoms with Crippen LogP contribution in [0.3, 0.4) is 0 Å². The third-order valence-corrected chi connectivity index (χ3v) is 3.91. The summed E-state index contributed by atoms with van der Waals surface area (Å²) in [5, 5.41) is 3.45. The largest absolute Gasteiger partial charge is 0.370 e. The second kappa shape index (κ2) is 4.81. The summed E-state index contributed by atoms with van der Waals surface area (Å²) >= 11 is 0. The van der Waals surface area contributed by atoms with Crippen LogP contribution in [-0.4, -0.2) is 31.0 Å². The highest BCUT2D eigenvalue weighted by Crippen LogP contribution is 2.39. The van der Waals surface area contributed by atoms with Gasteiger partial charge in [-0.15, -0.1) is 12.4 Å². The van der Waals surface area contributed by atoms with Crippen LogP contribution in [0.5, 0.6) is 0 Å². The molecule has 2 aliphatic heterocycles. The van der Waals surface area contributed by atoms with Crippen molar-refractivity contribution in [2.45, 2.75) is 25.8 Å². The van der Waals surface area contributed by atoms with Crippen molar-refractivity contribution in [1.82, 2.24) is 5.32 Å². The molecule has 1 atom stereocenters. The number of rotatable bonds is 2. The molecule has 3 nitrogen and oxygen atoms in total. The van der Waals surface area contributed by atoms with E-state index in [1.165, 1.54) is 11.3 Å². The van der Waals surface area contributed by atoms with Crippen LogP contribution in [0.25, 0.3) is 0 Å². The number of benzene rings is 1. The molecule has 1 N–H and O–H groups in total. The molecule has 0 radical (unpaired) electrons. The molecule has 0 amide bonds. The van der Waals surface area contributed by atoms with Crippen LogP contribution in [-0.2, 0) is 6.42 Å². The van der Waals surface area contributed by atoms with Crippen molar-refractivity contribution in [3.63, 3.8) is 0 Å². The van der Waals surface area contributed by atoms with E-state index in [-0.39, 0.29) is 17.9 Å². The van der Waals surface area contributed by atoms with Crippen molar-refractivity contribution >= 4 is 23.9 Å². The van der Waals surface area contributed by atoms with Gasteiger partial charge in [0.1, 0.15) is 5.84 Å². The first kappa shape index (κ1) is 13.2. The standard InChI is InChI=1S/C14H19N3.ClH/c1-3-17-12-7-5-4-6-11(12)10-14(17,2)13-15-8-9-16-13;/h4-7H,3,8-10H2,1-2H3,(H,15,16);1H. The lowest BCUT2D eigenvalue weighted by Gasteiger charge is -2.36. The van der Waals surface area contributed by atoms with Crippen LogP contribution in [0.2, 0.25) is 0 Å². The Balaban J connectivity index is 0.00000120. The lowest BCUT2D eigenvalue weighted by Crippen LogP contribution is -2.54. The Morgan fingerprint density at radius 3 is 2.83 bits per heavy atom. The third kappa shape index (κ3) is 1.77. The van der Waals surface area contributed by atoms with Gasteiger partial charge in [-0.05, 0) is 25.5 Å². The summed E-state index contributed by atoms with van der Waals surface area (Å²) in [7, 11) is 0. The first-order valence-electron chi connectivity index (χ1n) is 6.40. The van der Waals surface area contributed by atoms with Gasteiger partial charge in [-0.1, -0.05) is 18.2 Å². The molecule has 0 saturated carbocycles. The number of anilines is 1. The third-order valence-electron chi connectivity index (χ3n) is 3.91. The van der Waals surface area contributed by atoms with Gasteiger partial charge < -0.3 is 10.2 Å². The molecule has 3 rings (SSSR count). The maximum Gasteiger partial charge on any atom is 0.123 e. The zero-order chi connectivity index (χ0) is 11.9. The first-order valence-corrected chi connectivity index (χ1v) is 6.40. The normalized spacial score (nSPS) is 25.2. The van der Waals surface area contributed by atoms with Crippen LogP contribution in [0.15, 0.2) is 29.3 Å². The SMILES string of the molecule is CCN1c2ccccc2CC1(C)C1=NCCN1.Cl. The number of halogens is 1. The van der Waals surface area contributed by atoms with E-state index < -0.39 is 0 Å². The lowest BCUT2D eigenvalue weighted by atomic mass is 9.95. The molecule has 2 aliphatic rings. The minimum absolute atomic E-state index is 0. The number of likely N-dealkylation sites (N-methyl/N-ethyl adjacent to an activating group) is 1. The van der Waals surface area contributed by atoms with E-state index in [1.807, 2.05) is 0 Å². The van der Waals surface area contributed by atoms with E-state index in [0.29, 0.717) is 0 Å². The van der Waals surface area contributed by atoms with Crippen LogP contribution in [0.4, 0.5) is 5.69 Å². The molecule has 18 heavy (non-hydrogen) atoms. The number of hydrogen-bond donors (Lipinski definition) is 1.